The first-order chi connectivity index (χ1) is 16.4. The summed E-state index contributed by atoms with van der Waals surface area (Å²) < 4.78 is 5.40. The molecule has 7 heteroatoms. The third-order valence-electron chi connectivity index (χ3n) is 6.96. The first kappa shape index (κ1) is 23.8. The molecule has 1 saturated heterocycles. The highest BCUT2D eigenvalue weighted by Gasteiger charge is 2.28. The number of benzene rings is 2. The number of rotatable bonds is 7. The number of pyridine rings is 1. The highest BCUT2D eigenvalue weighted by atomic mass is 16.5. The summed E-state index contributed by atoms with van der Waals surface area (Å²) in [6.45, 7) is 8.97. The lowest BCUT2D eigenvalue weighted by molar-refractivity contribution is 0.174. The van der Waals surface area contributed by atoms with Crippen LogP contribution in [0.25, 0.3) is 10.9 Å². The third kappa shape index (κ3) is 4.94. The molecule has 34 heavy (non-hydrogen) atoms. The molecule has 0 aliphatic carbocycles. The number of nitrogens with zero attached hydrogens (tertiary/aromatic N) is 2. The molecule has 0 saturated carbocycles. The van der Waals surface area contributed by atoms with E-state index in [1.807, 2.05) is 50.2 Å². The molecule has 2 amide bonds. The normalized spacial score (nSPS) is 16.1. The number of anilines is 1. The number of carbonyl (C=O) groups excluding carboxylic acids is 1. The van der Waals surface area contributed by atoms with Gasteiger partial charge in [0.05, 0.1) is 24.9 Å². The Morgan fingerprint density at radius 1 is 1.24 bits per heavy atom. The summed E-state index contributed by atoms with van der Waals surface area (Å²) in [5.74, 6) is 0.598. The number of hydrogen-bond donors (Lipinski definition) is 2. The van der Waals surface area contributed by atoms with Gasteiger partial charge in [0.25, 0.3) is 5.56 Å². The number of hydrogen-bond acceptors (Lipinski definition) is 4. The first-order valence-corrected chi connectivity index (χ1v) is 12.0. The van der Waals surface area contributed by atoms with Crippen LogP contribution >= 0.6 is 0 Å². The van der Waals surface area contributed by atoms with Crippen molar-refractivity contribution < 1.29 is 9.53 Å². The zero-order valence-electron chi connectivity index (χ0n) is 20.5. The molecule has 4 rings (SSSR count). The third-order valence-corrected chi connectivity index (χ3v) is 6.96. The Hall–Kier alpha value is -3.32. The molecular weight excluding hydrogens is 428 g/mol. The molecule has 1 fully saturated rings. The quantitative estimate of drug-likeness (QED) is 0.535. The van der Waals surface area contributed by atoms with Crippen LogP contribution in [0.1, 0.15) is 36.5 Å². The van der Waals surface area contributed by atoms with Gasteiger partial charge in [-0.15, -0.1) is 0 Å². The fourth-order valence-electron chi connectivity index (χ4n) is 4.83. The molecule has 3 aromatic rings. The summed E-state index contributed by atoms with van der Waals surface area (Å²) in [6, 6.07) is 13.4. The predicted octanol–water partition coefficient (Wildman–Crippen LogP) is 4.67. The Balaban J connectivity index is 1.65. The molecule has 1 aliphatic heterocycles. The van der Waals surface area contributed by atoms with Gasteiger partial charge in [-0.1, -0.05) is 31.2 Å². The van der Waals surface area contributed by atoms with E-state index in [1.54, 1.807) is 12.0 Å². The van der Waals surface area contributed by atoms with Crippen molar-refractivity contribution in [2.24, 2.45) is 0 Å². The second-order valence-corrected chi connectivity index (χ2v) is 9.03. The molecule has 7 nitrogen and oxygen atoms in total. The molecule has 2 heterocycles. The van der Waals surface area contributed by atoms with Crippen LogP contribution in [0.4, 0.5) is 10.5 Å². The first-order valence-electron chi connectivity index (χ1n) is 12.0. The van der Waals surface area contributed by atoms with E-state index in [4.69, 9.17) is 4.74 Å². The predicted molar refractivity (Wildman–Crippen MR) is 137 cm³/mol. The Labute approximate surface area is 200 Å². The Kier molecular flexibility index (Phi) is 7.22. The van der Waals surface area contributed by atoms with Crippen molar-refractivity contribution in [2.75, 3.05) is 32.1 Å². The van der Waals surface area contributed by atoms with Gasteiger partial charge in [0.2, 0.25) is 0 Å². The Bertz CT molecular complexity index is 1240. The molecule has 180 valence electrons. The lowest BCUT2D eigenvalue weighted by Crippen LogP contribution is -2.45. The second kappa shape index (κ2) is 10.3. The molecule has 2 N–H and O–H groups in total. The summed E-state index contributed by atoms with van der Waals surface area (Å²) in [7, 11) is 1.58. The molecule has 1 aromatic heterocycles. The Morgan fingerprint density at radius 2 is 2.03 bits per heavy atom. The zero-order chi connectivity index (χ0) is 24.2. The molecule has 1 aliphatic rings. The number of aromatic nitrogens is 1. The number of amides is 2. The maximum absolute atomic E-state index is 13.5. The molecule has 2 aromatic carbocycles. The summed E-state index contributed by atoms with van der Waals surface area (Å²) in [6.07, 6.45) is 2.16. The van der Waals surface area contributed by atoms with Crippen LogP contribution in [0.15, 0.2) is 47.3 Å². The molecule has 0 unspecified atom stereocenters. The van der Waals surface area contributed by atoms with Crippen molar-refractivity contribution in [3.8, 4) is 5.75 Å². The fraction of sp³-hybridized carbons (Fsp3) is 0.407. The van der Waals surface area contributed by atoms with Gasteiger partial charge in [0, 0.05) is 18.2 Å². The van der Waals surface area contributed by atoms with Gasteiger partial charge in [-0.3, -0.25) is 9.69 Å². The average molecular weight is 463 g/mol. The number of aryl methyl sites for hydroxylation is 2. The van der Waals surface area contributed by atoms with Crippen molar-refractivity contribution in [3.63, 3.8) is 0 Å². The standard InChI is InChI=1S/C27H34N4O3/c1-5-30-14-8-9-22(30)17-31(27(33)28-23-10-6-7-11-24(23)34-4)16-21-15-20-13-12-18(2)19(3)25(20)29-26(21)32/h6-7,10-13,15,22H,5,8-9,14,16-17H2,1-4H3,(H,28,33)(H,29,32)/t22-/m0/s1. The van der Waals surface area contributed by atoms with Crippen molar-refractivity contribution in [1.29, 1.82) is 0 Å². The number of likely N-dealkylation sites (tertiary alicyclic amines) is 1. The van der Waals surface area contributed by atoms with Crippen LogP contribution in [0, 0.1) is 13.8 Å². The van der Waals surface area contributed by atoms with E-state index in [2.05, 4.69) is 28.2 Å². The van der Waals surface area contributed by atoms with E-state index < -0.39 is 0 Å². The average Bonchev–Trinajstić information content (AvgIpc) is 3.29. The van der Waals surface area contributed by atoms with E-state index in [0.29, 0.717) is 23.5 Å². The van der Waals surface area contributed by atoms with Gasteiger partial charge in [-0.05, 0) is 74.5 Å². The molecule has 0 bridgehead atoms. The second-order valence-electron chi connectivity index (χ2n) is 9.03. The highest BCUT2D eigenvalue weighted by molar-refractivity contribution is 5.91. The monoisotopic (exact) mass is 462 g/mol. The van der Waals surface area contributed by atoms with E-state index in [0.717, 1.165) is 48.0 Å². The number of aromatic amines is 1. The number of nitrogens with one attached hydrogen (secondary N) is 2. The van der Waals surface area contributed by atoms with Crippen molar-refractivity contribution >= 4 is 22.6 Å². The van der Waals surface area contributed by atoms with Crippen molar-refractivity contribution in [2.45, 2.75) is 46.2 Å². The van der Waals surface area contributed by atoms with E-state index >= 15 is 0 Å². The molecule has 0 spiro atoms. The SMILES string of the molecule is CCN1CCC[C@H]1CN(Cc1cc2ccc(C)c(C)c2[nH]c1=O)C(=O)Nc1ccccc1OC. The van der Waals surface area contributed by atoms with Gasteiger partial charge in [0.1, 0.15) is 5.75 Å². The lowest BCUT2D eigenvalue weighted by atomic mass is 10.0. The van der Waals surface area contributed by atoms with E-state index in [1.165, 1.54) is 0 Å². The summed E-state index contributed by atoms with van der Waals surface area (Å²) in [4.78, 5) is 33.7. The number of urea groups is 1. The maximum Gasteiger partial charge on any atom is 0.322 e. The van der Waals surface area contributed by atoms with E-state index in [9.17, 15) is 9.59 Å². The van der Waals surface area contributed by atoms with Crippen LogP contribution in [-0.4, -0.2) is 53.6 Å². The fourth-order valence-corrected chi connectivity index (χ4v) is 4.83. The lowest BCUT2D eigenvalue weighted by Gasteiger charge is -2.30. The van der Waals surface area contributed by atoms with Gasteiger partial charge >= 0.3 is 6.03 Å². The zero-order valence-corrected chi connectivity index (χ0v) is 20.5. The summed E-state index contributed by atoms with van der Waals surface area (Å²) in [5.41, 5.74) is 4.08. The minimum Gasteiger partial charge on any atom is -0.495 e. The molecule has 1 atom stereocenters. The van der Waals surface area contributed by atoms with Crippen LogP contribution in [0.2, 0.25) is 0 Å². The van der Waals surface area contributed by atoms with Crippen LogP contribution in [0.3, 0.4) is 0 Å². The number of para-hydroxylation sites is 2. The van der Waals surface area contributed by atoms with E-state index in [-0.39, 0.29) is 24.2 Å². The number of carbonyl (C=O) groups is 1. The van der Waals surface area contributed by atoms with Gasteiger partial charge in [0.15, 0.2) is 0 Å². The number of likely N-dealkylation sites (N-methyl/N-ethyl adjacent to an activating group) is 1. The van der Waals surface area contributed by atoms with Gasteiger partial charge in [-0.25, -0.2) is 4.79 Å². The topological polar surface area (TPSA) is 77.7 Å². The smallest absolute Gasteiger partial charge is 0.322 e. The van der Waals surface area contributed by atoms with Crippen LogP contribution in [-0.2, 0) is 6.54 Å². The largest absolute Gasteiger partial charge is 0.495 e. The van der Waals surface area contributed by atoms with Crippen molar-refractivity contribution in [1.82, 2.24) is 14.8 Å². The molecular formula is C27H34N4O3. The summed E-state index contributed by atoms with van der Waals surface area (Å²) in [5, 5.41) is 3.96. The van der Waals surface area contributed by atoms with Gasteiger partial charge < -0.3 is 19.9 Å². The van der Waals surface area contributed by atoms with Crippen LogP contribution < -0.4 is 15.6 Å². The number of fused-ring (bicyclic) bond motifs is 1. The minimum absolute atomic E-state index is 0.157. The number of methoxy groups -OCH3 is 1. The van der Waals surface area contributed by atoms with Gasteiger partial charge in [-0.2, -0.15) is 0 Å². The molecule has 0 radical (unpaired) electrons. The maximum atomic E-state index is 13.5. The number of H-pyrrole nitrogens is 1. The van der Waals surface area contributed by atoms with Crippen molar-refractivity contribution in [3.05, 3.63) is 69.5 Å². The van der Waals surface area contributed by atoms with Crippen LogP contribution in [0.5, 0.6) is 5.75 Å². The number of ether oxygens (including phenoxy) is 1. The highest BCUT2D eigenvalue weighted by Crippen LogP contribution is 2.25. The Morgan fingerprint density at radius 3 is 2.79 bits per heavy atom. The summed E-state index contributed by atoms with van der Waals surface area (Å²) >= 11 is 0. The minimum atomic E-state index is -0.243.